The highest BCUT2D eigenvalue weighted by atomic mass is 35.5. The van der Waals surface area contributed by atoms with Gasteiger partial charge in [0, 0.05) is 10.9 Å². The molecule has 0 aliphatic carbocycles. The molecule has 0 N–H and O–H groups in total. The second-order valence-electron chi connectivity index (χ2n) is 4.99. The van der Waals surface area contributed by atoms with Crippen LogP contribution in [0, 0.1) is 6.92 Å². The molecule has 2 nitrogen and oxygen atoms in total. The number of rotatable bonds is 2. The number of benzene rings is 2. The molecule has 0 saturated heterocycles. The van der Waals surface area contributed by atoms with Gasteiger partial charge in [-0.3, -0.25) is 0 Å². The van der Waals surface area contributed by atoms with Gasteiger partial charge in [0.25, 0.3) is 0 Å². The van der Waals surface area contributed by atoms with E-state index >= 15 is 0 Å². The number of fused-ring (bicyclic) bond motifs is 1. The SMILES string of the molecule is CCc1ccccc1-c1nc(Cl)c2cc(C)cc(Cl)c2n1. The molecule has 1 aromatic heterocycles. The minimum Gasteiger partial charge on any atom is -0.226 e. The first-order valence-electron chi connectivity index (χ1n) is 6.82. The molecule has 2 aromatic carbocycles. The van der Waals surface area contributed by atoms with Crippen LogP contribution in [-0.4, -0.2) is 9.97 Å². The molecule has 0 unspecified atom stereocenters. The lowest BCUT2D eigenvalue weighted by atomic mass is 10.0. The second kappa shape index (κ2) is 5.63. The highest BCUT2D eigenvalue weighted by Crippen LogP contribution is 2.31. The van der Waals surface area contributed by atoms with E-state index in [4.69, 9.17) is 23.2 Å². The Morgan fingerprint density at radius 2 is 1.81 bits per heavy atom. The van der Waals surface area contributed by atoms with Crippen molar-refractivity contribution in [1.82, 2.24) is 9.97 Å². The third kappa shape index (κ3) is 2.61. The Hall–Kier alpha value is -1.64. The molecule has 3 aromatic rings. The highest BCUT2D eigenvalue weighted by molar-refractivity contribution is 6.38. The summed E-state index contributed by atoms with van der Waals surface area (Å²) in [7, 11) is 0. The van der Waals surface area contributed by atoms with Gasteiger partial charge < -0.3 is 0 Å². The number of aromatic nitrogens is 2. The van der Waals surface area contributed by atoms with E-state index in [1.54, 1.807) is 0 Å². The van der Waals surface area contributed by atoms with Crippen molar-refractivity contribution < 1.29 is 0 Å². The van der Waals surface area contributed by atoms with Crippen LogP contribution in [0.25, 0.3) is 22.3 Å². The third-order valence-corrected chi connectivity index (χ3v) is 4.07. The van der Waals surface area contributed by atoms with Gasteiger partial charge in [0.05, 0.1) is 10.5 Å². The summed E-state index contributed by atoms with van der Waals surface area (Å²) in [5.41, 5.74) is 3.93. The van der Waals surface area contributed by atoms with Crippen molar-refractivity contribution in [3.8, 4) is 11.4 Å². The number of nitrogens with zero attached hydrogens (tertiary/aromatic N) is 2. The molecule has 0 aliphatic rings. The normalized spacial score (nSPS) is 11.0. The van der Waals surface area contributed by atoms with Gasteiger partial charge in [-0.1, -0.05) is 54.4 Å². The smallest absolute Gasteiger partial charge is 0.161 e. The fourth-order valence-corrected chi connectivity index (χ4v) is 3.00. The second-order valence-corrected chi connectivity index (χ2v) is 5.76. The van der Waals surface area contributed by atoms with E-state index < -0.39 is 0 Å². The quantitative estimate of drug-likeness (QED) is 0.585. The molecule has 0 radical (unpaired) electrons. The summed E-state index contributed by atoms with van der Waals surface area (Å²) in [4.78, 5) is 9.09. The molecule has 0 atom stereocenters. The van der Waals surface area contributed by atoms with Crippen LogP contribution >= 0.6 is 23.2 Å². The van der Waals surface area contributed by atoms with Crippen molar-refractivity contribution in [2.45, 2.75) is 20.3 Å². The lowest BCUT2D eigenvalue weighted by Crippen LogP contribution is -1.96. The summed E-state index contributed by atoms with van der Waals surface area (Å²) in [5.74, 6) is 0.621. The summed E-state index contributed by atoms with van der Waals surface area (Å²) in [6.45, 7) is 4.08. The molecule has 21 heavy (non-hydrogen) atoms. The molecular weight excluding hydrogens is 303 g/mol. The zero-order valence-corrected chi connectivity index (χ0v) is 13.3. The molecule has 0 fully saturated rings. The van der Waals surface area contributed by atoms with Gasteiger partial charge in [0.15, 0.2) is 5.82 Å². The van der Waals surface area contributed by atoms with Crippen LogP contribution in [0.5, 0.6) is 0 Å². The first kappa shape index (κ1) is 14.3. The van der Waals surface area contributed by atoms with Gasteiger partial charge >= 0.3 is 0 Å². The summed E-state index contributed by atoms with van der Waals surface area (Å²) < 4.78 is 0. The van der Waals surface area contributed by atoms with Crippen molar-refractivity contribution in [2.75, 3.05) is 0 Å². The molecule has 106 valence electrons. The van der Waals surface area contributed by atoms with Crippen LogP contribution in [0.1, 0.15) is 18.1 Å². The average molecular weight is 317 g/mol. The summed E-state index contributed by atoms with van der Waals surface area (Å²) in [6, 6.07) is 11.9. The predicted molar refractivity (Wildman–Crippen MR) is 89.1 cm³/mol. The van der Waals surface area contributed by atoms with Gasteiger partial charge in [-0.2, -0.15) is 0 Å². The summed E-state index contributed by atoms with van der Waals surface area (Å²) in [5, 5.41) is 1.83. The molecule has 0 spiro atoms. The van der Waals surface area contributed by atoms with E-state index in [-0.39, 0.29) is 0 Å². The van der Waals surface area contributed by atoms with Gasteiger partial charge in [0.1, 0.15) is 5.15 Å². The summed E-state index contributed by atoms with van der Waals surface area (Å²) >= 11 is 12.7. The Morgan fingerprint density at radius 1 is 1.05 bits per heavy atom. The predicted octanol–water partition coefficient (Wildman–Crippen LogP) is 5.47. The van der Waals surface area contributed by atoms with Gasteiger partial charge in [-0.15, -0.1) is 0 Å². The minimum atomic E-state index is 0.437. The lowest BCUT2D eigenvalue weighted by Gasteiger charge is -2.10. The Balaban J connectivity index is 2.30. The monoisotopic (exact) mass is 316 g/mol. The maximum Gasteiger partial charge on any atom is 0.161 e. The Labute approximate surface area is 133 Å². The largest absolute Gasteiger partial charge is 0.226 e. The van der Waals surface area contributed by atoms with Crippen LogP contribution in [0.15, 0.2) is 36.4 Å². The van der Waals surface area contributed by atoms with Crippen molar-refractivity contribution in [2.24, 2.45) is 0 Å². The molecular formula is C17H14Cl2N2. The van der Waals surface area contributed by atoms with Crippen LogP contribution < -0.4 is 0 Å². The maximum atomic E-state index is 6.34. The molecule has 3 rings (SSSR count). The van der Waals surface area contributed by atoms with Crippen LogP contribution in [0.4, 0.5) is 0 Å². The zero-order chi connectivity index (χ0) is 15.0. The van der Waals surface area contributed by atoms with E-state index in [0.717, 1.165) is 22.9 Å². The van der Waals surface area contributed by atoms with Gasteiger partial charge in [-0.25, -0.2) is 9.97 Å². The molecule has 0 saturated carbocycles. The topological polar surface area (TPSA) is 25.8 Å². The number of hydrogen-bond donors (Lipinski definition) is 0. The first-order valence-corrected chi connectivity index (χ1v) is 7.57. The standard InChI is InChI=1S/C17H14Cl2N2/c1-3-11-6-4-5-7-12(11)17-20-15-13(16(19)21-17)8-10(2)9-14(15)18/h4-9H,3H2,1-2H3. The fraction of sp³-hybridized carbons (Fsp3) is 0.176. The van der Waals surface area contributed by atoms with Crippen LogP contribution in [0.3, 0.4) is 0 Å². The molecule has 4 heteroatoms. The molecule has 1 heterocycles. The Morgan fingerprint density at radius 3 is 2.57 bits per heavy atom. The summed E-state index contributed by atoms with van der Waals surface area (Å²) in [6.07, 6.45) is 0.914. The third-order valence-electron chi connectivity index (χ3n) is 3.49. The van der Waals surface area contributed by atoms with E-state index in [0.29, 0.717) is 21.5 Å². The van der Waals surface area contributed by atoms with Crippen molar-refractivity contribution >= 4 is 34.1 Å². The van der Waals surface area contributed by atoms with Gasteiger partial charge in [-0.05, 0) is 36.6 Å². The van der Waals surface area contributed by atoms with Crippen molar-refractivity contribution in [3.05, 3.63) is 57.7 Å². The van der Waals surface area contributed by atoms with E-state index in [9.17, 15) is 0 Å². The molecule has 0 aliphatic heterocycles. The Bertz CT molecular complexity index is 828. The zero-order valence-electron chi connectivity index (χ0n) is 11.8. The molecule has 0 amide bonds. The number of halogens is 2. The minimum absolute atomic E-state index is 0.437. The van der Waals surface area contributed by atoms with E-state index in [1.165, 1.54) is 5.56 Å². The van der Waals surface area contributed by atoms with E-state index in [2.05, 4.69) is 23.0 Å². The lowest BCUT2D eigenvalue weighted by molar-refractivity contribution is 1.12. The van der Waals surface area contributed by atoms with Crippen molar-refractivity contribution in [1.29, 1.82) is 0 Å². The number of hydrogen-bond acceptors (Lipinski definition) is 2. The average Bonchev–Trinajstić information content (AvgIpc) is 2.48. The van der Waals surface area contributed by atoms with Crippen LogP contribution in [-0.2, 0) is 6.42 Å². The molecule has 0 bridgehead atoms. The van der Waals surface area contributed by atoms with E-state index in [1.807, 2.05) is 37.3 Å². The van der Waals surface area contributed by atoms with Crippen molar-refractivity contribution in [3.63, 3.8) is 0 Å². The number of aryl methyl sites for hydroxylation is 2. The van der Waals surface area contributed by atoms with Crippen LogP contribution in [0.2, 0.25) is 10.2 Å². The fourth-order valence-electron chi connectivity index (χ4n) is 2.46. The maximum absolute atomic E-state index is 6.34. The Kier molecular flexibility index (Phi) is 3.83. The first-order chi connectivity index (χ1) is 10.1. The van der Waals surface area contributed by atoms with Gasteiger partial charge in [0.2, 0.25) is 0 Å². The highest BCUT2D eigenvalue weighted by Gasteiger charge is 2.13.